The Kier molecular flexibility index (Phi) is 2.02. The van der Waals surface area contributed by atoms with Crippen LogP contribution in [-0.4, -0.2) is 6.04 Å². The first-order valence-corrected chi connectivity index (χ1v) is 7.05. The van der Waals surface area contributed by atoms with E-state index < -0.39 is 0 Å². The zero-order valence-corrected chi connectivity index (χ0v) is 11.7. The van der Waals surface area contributed by atoms with Crippen LogP contribution in [0.5, 0.6) is 0 Å². The van der Waals surface area contributed by atoms with E-state index in [1.54, 1.807) is 0 Å². The molecule has 2 heteroatoms. The fraction of sp³-hybridized carbons (Fsp3) is 0.412. The molecule has 4 rings (SSSR count). The normalized spacial score (nSPS) is 31.8. The van der Waals surface area contributed by atoms with Crippen LogP contribution in [0.3, 0.4) is 0 Å². The average molecular weight is 253 g/mol. The van der Waals surface area contributed by atoms with Gasteiger partial charge in [-0.05, 0) is 38.0 Å². The number of nitrogens with zero attached hydrogens (tertiary/aromatic N) is 1. The van der Waals surface area contributed by atoms with Gasteiger partial charge in [0.1, 0.15) is 5.76 Å². The summed E-state index contributed by atoms with van der Waals surface area (Å²) in [6.45, 7) is 6.88. The lowest BCUT2D eigenvalue weighted by Crippen LogP contribution is -2.42. The van der Waals surface area contributed by atoms with E-state index in [9.17, 15) is 0 Å². The van der Waals surface area contributed by atoms with E-state index in [1.807, 2.05) is 6.26 Å². The van der Waals surface area contributed by atoms with E-state index in [0.29, 0.717) is 12.1 Å². The molecule has 0 spiro atoms. The van der Waals surface area contributed by atoms with Crippen molar-refractivity contribution in [1.82, 2.24) is 0 Å². The number of rotatable bonds is 1. The Morgan fingerprint density at radius 1 is 1.26 bits per heavy atom. The molecule has 1 saturated heterocycles. The molecule has 3 atom stereocenters. The molecule has 3 unspecified atom stereocenters. The summed E-state index contributed by atoms with van der Waals surface area (Å²) in [5.74, 6) is 1.22. The Balaban J connectivity index is 1.88. The van der Waals surface area contributed by atoms with Gasteiger partial charge >= 0.3 is 0 Å². The zero-order valence-electron chi connectivity index (χ0n) is 11.7. The number of benzene rings is 1. The van der Waals surface area contributed by atoms with Crippen LogP contribution in [-0.2, 0) is 5.41 Å². The third-order valence-corrected chi connectivity index (χ3v) is 5.26. The fourth-order valence-electron chi connectivity index (χ4n) is 4.07. The summed E-state index contributed by atoms with van der Waals surface area (Å²) >= 11 is 0. The van der Waals surface area contributed by atoms with Gasteiger partial charge in [0.25, 0.3) is 0 Å². The largest absolute Gasteiger partial charge is 0.468 e. The first-order valence-electron chi connectivity index (χ1n) is 7.05. The van der Waals surface area contributed by atoms with Gasteiger partial charge in [0.2, 0.25) is 0 Å². The molecule has 1 aliphatic heterocycles. The van der Waals surface area contributed by atoms with Crippen LogP contribution in [0, 0.1) is 6.92 Å². The highest BCUT2D eigenvalue weighted by atomic mass is 16.3. The van der Waals surface area contributed by atoms with E-state index in [-0.39, 0.29) is 5.41 Å². The van der Waals surface area contributed by atoms with Crippen LogP contribution >= 0.6 is 0 Å². The Hall–Kier alpha value is -1.70. The number of hydrogen-bond acceptors (Lipinski definition) is 2. The van der Waals surface area contributed by atoms with Gasteiger partial charge in [0.15, 0.2) is 0 Å². The third kappa shape index (κ3) is 1.22. The van der Waals surface area contributed by atoms with Gasteiger partial charge in [-0.1, -0.05) is 25.1 Å². The number of aryl methyl sites for hydroxylation is 1. The summed E-state index contributed by atoms with van der Waals surface area (Å²) in [7, 11) is 0. The summed E-state index contributed by atoms with van der Waals surface area (Å²) in [5, 5.41) is 0. The molecule has 1 aromatic carbocycles. The average Bonchev–Trinajstić information content (AvgIpc) is 3.02. The molecule has 0 amide bonds. The third-order valence-electron chi connectivity index (χ3n) is 5.26. The Bertz CT molecular complexity index is 644. The van der Waals surface area contributed by atoms with Gasteiger partial charge < -0.3 is 9.32 Å². The van der Waals surface area contributed by atoms with Gasteiger partial charge in [0.05, 0.1) is 12.3 Å². The van der Waals surface area contributed by atoms with Crippen LogP contribution in [0.4, 0.5) is 5.69 Å². The molecular formula is C17H19NO. The van der Waals surface area contributed by atoms with E-state index in [1.165, 1.54) is 29.0 Å². The fourth-order valence-corrected chi connectivity index (χ4v) is 4.07. The van der Waals surface area contributed by atoms with E-state index in [0.717, 1.165) is 0 Å². The first-order chi connectivity index (χ1) is 9.13. The highest BCUT2D eigenvalue weighted by molar-refractivity contribution is 5.61. The van der Waals surface area contributed by atoms with Crippen LogP contribution in [0.25, 0.3) is 0 Å². The minimum atomic E-state index is 0.159. The number of fused-ring (bicyclic) bond motifs is 5. The smallest absolute Gasteiger partial charge is 0.117 e. The summed E-state index contributed by atoms with van der Waals surface area (Å²) in [6, 6.07) is 11.8. The van der Waals surface area contributed by atoms with Crippen molar-refractivity contribution < 1.29 is 4.42 Å². The summed E-state index contributed by atoms with van der Waals surface area (Å²) < 4.78 is 5.77. The number of para-hydroxylation sites is 1. The van der Waals surface area contributed by atoms with Gasteiger partial charge in [-0.15, -0.1) is 0 Å². The monoisotopic (exact) mass is 253 g/mol. The van der Waals surface area contributed by atoms with E-state index in [2.05, 4.69) is 56.0 Å². The van der Waals surface area contributed by atoms with Gasteiger partial charge in [0, 0.05) is 22.7 Å². The maximum atomic E-state index is 5.77. The molecule has 1 aliphatic carbocycles. The van der Waals surface area contributed by atoms with Crippen molar-refractivity contribution in [1.29, 1.82) is 0 Å². The lowest BCUT2D eigenvalue weighted by Gasteiger charge is -2.39. The molecular weight excluding hydrogens is 234 g/mol. The van der Waals surface area contributed by atoms with Gasteiger partial charge in [-0.3, -0.25) is 0 Å². The Morgan fingerprint density at radius 3 is 2.84 bits per heavy atom. The standard InChI is InChI=1S/C17H19NO/c1-11-6-4-5-7-14(11)18-12(2)17(3)10-15(18)13-8-9-19-16(13)17/h4-9,12,15H,10H2,1-3H3. The highest BCUT2D eigenvalue weighted by Crippen LogP contribution is 2.59. The zero-order chi connectivity index (χ0) is 13.2. The summed E-state index contributed by atoms with van der Waals surface area (Å²) in [5.41, 5.74) is 4.28. The maximum absolute atomic E-state index is 5.77. The first kappa shape index (κ1) is 11.2. The van der Waals surface area contributed by atoms with Crippen LogP contribution in [0.15, 0.2) is 41.0 Å². The van der Waals surface area contributed by atoms with E-state index in [4.69, 9.17) is 4.42 Å². The van der Waals surface area contributed by atoms with Crippen molar-refractivity contribution in [3.05, 3.63) is 53.5 Å². The maximum Gasteiger partial charge on any atom is 0.117 e. The molecule has 1 fully saturated rings. The number of hydrogen-bond donors (Lipinski definition) is 0. The quantitative estimate of drug-likeness (QED) is 0.757. The predicted octanol–water partition coefficient (Wildman–Crippen LogP) is 4.20. The second kappa shape index (κ2) is 3.44. The lowest BCUT2D eigenvalue weighted by atomic mass is 9.82. The Morgan fingerprint density at radius 2 is 2.05 bits per heavy atom. The molecule has 2 heterocycles. The van der Waals surface area contributed by atoms with Crippen molar-refractivity contribution in [2.45, 2.75) is 44.7 Å². The lowest BCUT2D eigenvalue weighted by molar-refractivity contribution is 0.349. The SMILES string of the molecule is Cc1ccccc1N1C2CC(C)(c3occc32)C1C. The van der Waals surface area contributed by atoms with Crippen LogP contribution in [0.2, 0.25) is 0 Å². The van der Waals surface area contributed by atoms with Gasteiger partial charge in [-0.25, -0.2) is 0 Å². The van der Waals surface area contributed by atoms with E-state index >= 15 is 0 Å². The minimum Gasteiger partial charge on any atom is -0.468 e. The number of furan rings is 1. The highest BCUT2D eigenvalue weighted by Gasteiger charge is 2.57. The van der Waals surface area contributed by atoms with Crippen molar-refractivity contribution >= 4 is 5.69 Å². The molecule has 0 N–H and O–H groups in total. The van der Waals surface area contributed by atoms with Crippen LogP contribution < -0.4 is 4.90 Å². The number of anilines is 1. The second-order valence-electron chi connectivity index (χ2n) is 6.21. The molecule has 1 aromatic heterocycles. The molecule has 19 heavy (non-hydrogen) atoms. The molecule has 2 nitrogen and oxygen atoms in total. The van der Waals surface area contributed by atoms with Crippen molar-refractivity contribution in [3.63, 3.8) is 0 Å². The minimum absolute atomic E-state index is 0.159. The van der Waals surface area contributed by atoms with Crippen molar-refractivity contribution in [2.24, 2.45) is 0 Å². The molecule has 2 bridgehead atoms. The molecule has 2 aromatic rings. The van der Waals surface area contributed by atoms with Crippen molar-refractivity contribution in [3.8, 4) is 0 Å². The summed E-state index contributed by atoms with van der Waals surface area (Å²) in [6.07, 6.45) is 3.03. The molecule has 0 radical (unpaired) electrons. The van der Waals surface area contributed by atoms with Gasteiger partial charge in [-0.2, -0.15) is 0 Å². The molecule has 2 aliphatic rings. The van der Waals surface area contributed by atoms with Crippen molar-refractivity contribution in [2.75, 3.05) is 4.90 Å². The predicted molar refractivity (Wildman–Crippen MR) is 76.5 cm³/mol. The second-order valence-corrected chi connectivity index (χ2v) is 6.21. The van der Waals surface area contributed by atoms with Crippen LogP contribution in [0.1, 0.15) is 43.2 Å². The summed E-state index contributed by atoms with van der Waals surface area (Å²) in [4.78, 5) is 2.59. The molecule has 98 valence electrons. The Labute approximate surface area is 114 Å². The molecule has 0 saturated carbocycles. The topological polar surface area (TPSA) is 16.4 Å².